The van der Waals surface area contributed by atoms with Crippen LogP contribution in [0.15, 0.2) is 54.6 Å². The molecule has 27 heavy (non-hydrogen) atoms. The zero-order valence-corrected chi connectivity index (χ0v) is 15.2. The van der Waals surface area contributed by atoms with Crippen LogP contribution < -0.4 is 10.1 Å². The molecule has 0 saturated carbocycles. The number of carbonyl (C=O) groups excluding carboxylic acids is 3. The first-order valence-electron chi connectivity index (χ1n) is 8.47. The molecule has 0 aliphatic carbocycles. The number of benzene rings is 2. The van der Waals surface area contributed by atoms with Gasteiger partial charge in [-0.25, -0.2) is 4.79 Å². The van der Waals surface area contributed by atoms with Gasteiger partial charge >= 0.3 is 5.97 Å². The van der Waals surface area contributed by atoms with Crippen molar-refractivity contribution in [2.24, 2.45) is 0 Å². The van der Waals surface area contributed by atoms with Gasteiger partial charge < -0.3 is 14.8 Å². The quantitative estimate of drug-likeness (QED) is 0.439. The lowest BCUT2D eigenvalue weighted by Crippen LogP contribution is -2.20. The molecule has 6 nitrogen and oxygen atoms in total. The molecule has 0 saturated heterocycles. The molecule has 0 fully saturated rings. The molecule has 1 amide bonds. The highest BCUT2D eigenvalue weighted by Crippen LogP contribution is 2.19. The Morgan fingerprint density at radius 1 is 1.07 bits per heavy atom. The summed E-state index contributed by atoms with van der Waals surface area (Å²) in [6, 6.07) is 13.8. The van der Waals surface area contributed by atoms with Crippen LogP contribution in [0.5, 0.6) is 5.75 Å². The number of amides is 1. The first-order chi connectivity index (χ1) is 13.0. The number of anilines is 1. The minimum atomic E-state index is -0.645. The normalized spacial score (nSPS) is 10.4. The topological polar surface area (TPSA) is 81.7 Å². The molecule has 6 heteroatoms. The van der Waals surface area contributed by atoms with E-state index in [9.17, 15) is 14.4 Å². The maximum Gasteiger partial charge on any atom is 0.331 e. The fourth-order valence-electron chi connectivity index (χ4n) is 2.26. The summed E-state index contributed by atoms with van der Waals surface area (Å²) < 4.78 is 10.4. The van der Waals surface area contributed by atoms with Crippen molar-refractivity contribution in [1.29, 1.82) is 0 Å². The molecule has 140 valence electrons. The maximum atomic E-state index is 11.9. The average Bonchev–Trinajstić information content (AvgIpc) is 2.66. The van der Waals surface area contributed by atoms with Crippen LogP contribution in [0.25, 0.3) is 6.08 Å². The zero-order valence-electron chi connectivity index (χ0n) is 15.2. The molecule has 0 radical (unpaired) electrons. The van der Waals surface area contributed by atoms with Gasteiger partial charge in [-0.1, -0.05) is 30.3 Å². The fraction of sp³-hybridized carbons (Fsp3) is 0.190. The van der Waals surface area contributed by atoms with Crippen molar-refractivity contribution in [1.82, 2.24) is 0 Å². The van der Waals surface area contributed by atoms with E-state index in [-0.39, 0.29) is 5.78 Å². The van der Waals surface area contributed by atoms with E-state index < -0.39 is 18.5 Å². The highest BCUT2D eigenvalue weighted by atomic mass is 16.5. The van der Waals surface area contributed by atoms with Crippen LogP contribution >= 0.6 is 0 Å². The molecular formula is C21H21NO5. The fourth-order valence-corrected chi connectivity index (χ4v) is 2.26. The second-order valence-corrected chi connectivity index (χ2v) is 5.60. The number of para-hydroxylation sites is 1. The molecule has 2 aromatic rings. The minimum Gasteiger partial charge on any atom is -0.493 e. The molecule has 0 spiro atoms. The van der Waals surface area contributed by atoms with E-state index in [1.165, 1.54) is 13.0 Å². The van der Waals surface area contributed by atoms with Crippen molar-refractivity contribution in [3.05, 3.63) is 65.7 Å². The summed E-state index contributed by atoms with van der Waals surface area (Å²) in [6.07, 6.45) is 2.81. The van der Waals surface area contributed by atoms with Gasteiger partial charge in [0.05, 0.1) is 6.61 Å². The number of hydrogen-bond acceptors (Lipinski definition) is 5. The first-order valence-corrected chi connectivity index (χ1v) is 8.47. The van der Waals surface area contributed by atoms with Crippen LogP contribution in [0.3, 0.4) is 0 Å². The Kier molecular flexibility index (Phi) is 7.31. The predicted octanol–water partition coefficient (Wildman–Crippen LogP) is 3.48. The molecule has 2 rings (SSSR count). The van der Waals surface area contributed by atoms with Crippen molar-refractivity contribution in [3.8, 4) is 5.75 Å². The third-order valence-corrected chi connectivity index (χ3v) is 3.52. The largest absolute Gasteiger partial charge is 0.493 e. The van der Waals surface area contributed by atoms with Crippen LogP contribution in [0.4, 0.5) is 5.69 Å². The highest BCUT2D eigenvalue weighted by Gasteiger charge is 2.08. The van der Waals surface area contributed by atoms with E-state index in [4.69, 9.17) is 9.47 Å². The number of carbonyl (C=O) groups is 3. The van der Waals surface area contributed by atoms with Crippen molar-refractivity contribution in [2.75, 3.05) is 18.5 Å². The summed E-state index contributed by atoms with van der Waals surface area (Å²) >= 11 is 0. The Labute approximate surface area is 157 Å². The summed E-state index contributed by atoms with van der Waals surface area (Å²) in [4.78, 5) is 35.1. The first kappa shape index (κ1) is 19.9. The second kappa shape index (κ2) is 9.91. The highest BCUT2D eigenvalue weighted by molar-refractivity contribution is 5.98. The van der Waals surface area contributed by atoms with Gasteiger partial charge in [0.1, 0.15) is 5.75 Å². The Balaban J connectivity index is 1.87. The van der Waals surface area contributed by atoms with E-state index in [2.05, 4.69) is 5.32 Å². The van der Waals surface area contributed by atoms with Gasteiger partial charge in [0.25, 0.3) is 5.91 Å². The van der Waals surface area contributed by atoms with E-state index in [1.54, 1.807) is 36.4 Å². The van der Waals surface area contributed by atoms with Gasteiger partial charge in [-0.05, 0) is 38.1 Å². The van der Waals surface area contributed by atoms with Gasteiger partial charge in [0.15, 0.2) is 12.4 Å². The van der Waals surface area contributed by atoms with Crippen LogP contribution in [-0.4, -0.2) is 30.9 Å². The van der Waals surface area contributed by atoms with Crippen LogP contribution in [0, 0.1) is 0 Å². The van der Waals surface area contributed by atoms with Crippen LogP contribution in [0.2, 0.25) is 0 Å². The lowest BCUT2D eigenvalue weighted by Gasteiger charge is -2.07. The van der Waals surface area contributed by atoms with Crippen LogP contribution in [0.1, 0.15) is 29.8 Å². The summed E-state index contributed by atoms with van der Waals surface area (Å²) in [5.74, 6) is -0.580. The van der Waals surface area contributed by atoms with Crippen molar-refractivity contribution >= 4 is 29.4 Å². The molecule has 1 N–H and O–H groups in total. The molecule has 0 aliphatic heterocycles. The van der Waals surface area contributed by atoms with E-state index in [0.717, 1.165) is 5.56 Å². The van der Waals surface area contributed by atoms with Gasteiger partial charge in [-0.2, -0.15) is 0 Å². The van der Waals surface area contributed by atoms with Gasteiger partial charge in [0.2, 0.25) is 0 Å². The second-order valence-electron chi connectivity index (χ2n) is 5.60. The molecule has 0 aliphatic rings. The lowest BCUT2D eigenvalue weighted by molar-refractivity contribution is -0.142. The number of esters is 1. The maximum absolute atomic E-state index is 11.9. The number of hydrogen-bond donors (Lipinski definition) is 1. The molecule has 0 bridgehead atoms. The van der Waals surface area contributed by atoms with Crippen molar-refractivity contribution in [3.63, 3.8) is 0 Å². The SMILES string of the molecule is CCOc1ccccc1/C=C/C(=O)OCC(=O)Nc1cccc(C(C)=O)c1. The number of ketones is 1. The van der Waals surface area contributed by atoms with E-state index in [1.807, 2.05) is 25.1 Å². The number of ether oxygens (including phenoxy) is 2. The Morgan fingerprint density at radius 3 is 2.59 bits per heavy atom. The van der Waals surface area contributed by atoms with Crippen molar-refractivity contribution < 1.29 is 23.9 Å². The average molecular weight is 367 g/mol. The lowest BCUT2D eigenvalue weighted by atomic mass is 10.1. The summed E-state index contributed by atoms with van der Waals surface area (Å²) in [5.41, 5.74) is 1.69. The summed E-state index contributed by atoms with van der Waals surface area (Å²) in [6.45, 7) is 3.40. The van der Waals surface area contributed by atoms with Gasteiger partial charge in [0, 0.05) is 22.9 Å². The third-order valence-electron chi connectivity index (χ3n) is 3.52. The zero-order chi connectivity index (χ0) is 19.6. The minimum absolute atomic E-state index is 0.102. The van der Waals surface area contributed by atoms with Gasteiger partial charge in [-0.3, -0.25) is 9.59 Å². The monoisotopic (exact) mass is 367 g/mol. The Morgan fingerprint density at radius 2 is 1.85 bits per heavy atom. The smallest absolute Gasteiger partial charge is 0.331 e. The molecule has 2 aromatic carbocycles. The van der Waals surface area contributed by atoms with Crippen molar-refractivity contribution in [2.45, 2.75) is 13.8 Å². The number of rotatable bonds is 8. The number of nitrogens with one attached hydrogen (secondary N) is 1. The Bertz CT molecular complexity index is 857. The third kappa shape index (κ3) is 6.43. The molecule has 0 heterocycles. The molecule has 0 unspecified atom stereocenters. The summed E-state index contributed by atoms with van der Waals surface area (Å²) in [5, 5.41) is 2.58. The van der Waals surface area contributed by atoms with E-state index >= 15 is 0 Å². The molecule has 0 atom stereocenters. The summed E-state index contributed by atoms with van der Waals surface area (Å²) in [7, 11) is 0. The van der Waals surface area contributed by atoms with E-state index in [0.29, 0.717) is 23.6 Å². The molecular weight excluding hydrogens is 346 g/mol. The van der Waals surface area contributed by atoms with Crippen LogP contribution in [-0.2, 0) is 14.3 Å². The predicted molar refractivity (Wildman–Crippen MR) is 103 cm³/mol. The Hall–Kier alpha value is -3.41. The standard InChI is InChI=1S/C21H21NO5/c1-3-26-19-10-5-4-7-16(19)11-12-21(25)27-14-20(24)22-18-9-6-8-17(13-18)15(2)23/h4-13H,3,14H2,1-2H3,(H,22,24)/b12-11+. The number of Topliss-reactive ketones (excluding diaryl/α,β-unsaturated/α-hetero) is 1. The molecule has 0 aromatic heterocycles. The van der Waals surface area contributed by atoms with Gasteiger partial charge in [-0.15, -0.1) is 0 Å².